The molecule has 1 aliphatic rings. The van der Waals surface area contributed by atoms with Crippen molar-refractivity contribution in [3.05, 3.63) is 69.3 Å². The number of aromatic nitrogens is 2. The van der Waals surface area contributed by atoms with Crippen molar-refractivity contribution in [1.82, 2.24) is 9.38 Å². The molecule has 4 rings (SSSR count). The number of ether oxygens (including phenoxy) is 2. The van der Waals surface area contributed by atoms with E-state index in [1.54, 1.807) is 20.3 Å². The standard InChI is InChI=1S/C22H20N2O5/c1-28-17-8-6-13(11-18(17)29-2)10-14-4-3-5-16-20(14)23-19-9-7-15(22(26)27)12-24(19)21(16)25/h6-12H,3-5H2,1-2H3,(H,26,27)/b14-10-. The van der Waals surface area contributed by atoms with Crippen LogP contribution in [0.5, 0.6) is 11.5 Å². The van der Waals surface area contributed by atoms with Crippen LogP contribution in [0.1, 0.15) is 40.0 Å². The van der Waals surface area contributed by atoms with E-state index >= 15 is 0 Å². The molecule has 3 aromatic rings. The maximum absolute atomic E-state index is 13.0. The Morgan fingerprint density at radius 3 is 2.66 bits per heavy atom. The monoisotopic (exact) mass is 392 g/mol. The smallest absolute Gasteiger partial charge is 0.337 e. The van der Waals surface area contributed by atoms with Crippen LogP contribution in [0.4, 0.5) is 0 Å². The highest BCUT2D eigenvalue weighted by molar-refractivity contribution is 5.88. The van der Waals surface area contributed by atoms with Crippen molar-refractivity contribution in [2.24, 2.45) is 0 Å². The summed E-state index contributed by atoms with van der Waals surface area (Å²) in [6.07, 6.45) is 5.59. The molecule has 0 fully saturated rings. The largest absolute Gasteiger partial charge is 0.493 e. The second-order valence-electron chi connectivity index (χ2n) is 6.83. The van der Waals surface area contributed by atoms with Crippen LogP contribution in [-0.4, -0.2) is 34.7 Å². The molecule has 0 spiro atoms. The summed E-state index contributed by atoms with van der Waals surface area (Å²) in [7, 11) is 3.18. The van der Waals surface area contributed by atoms with Crippen molar-refractivity contribution < 1.29 is 19.4 Å². The van der Waals surface area contributed by atoms with Crippen molar-refractivity contribution in [3.8, 4) is 11.5 Å². The molecule has 29 heavy (non-hydrogen) atoms. The molecular formula is C22H20N2O5. The highest BCUT2D eigenvalue weighted by Gasteiger charge is 2.21. The number of hydrogen-bond donors (Lipinski definition) is 1. The normalized spacial score (nSPS) is 14.6. The van der Waals surface area contributed by atoms with Gasteiger partial charge in [0.1, 0.15) is 5.65 Å². The molecule has 0 radical (unpaired) electrons. The van der Waals surface area contributed by atoms with Gasteiger partial charge < -0.3 is 14.6 Å². The Morgan fingerprint density at radius 2 is 1.93 bits per heavy atom. The van der Waals surface area contributed by atoms with Gasteiger partial charge in [0.05, 0.1) is 25.5 Å². The van der Waals surface area contributed by atoms with Gasteiger partial charge in [-0.1, -0.05) is 6.07 Å². The molecule has 0 bridgehead atoms. The topological polar surface area (TPSA) is 90.1 Å². The van der Waals surface area contributed by atoms with Crippen LogP contribution in [0.3, 0.4) is 0 Å². The highest BCUT2D eigenvalue weighted by Crippen LogP contribution is 2.33. The van der Waals surface area contributed by atoms with E-state index in [1.165, 1.54) is 16.7 Å². The quantitative estimate of drug-likeness (QED) is 0.733. The third-order valence-corrected chi connectivity index (χ3v) is 5.09. The van der Waals surface area contributed by atoms with Gasteiger partial charge in [-0.25, -0.2) is 9.78 Å². The van der Waals surface area contributed by atoms with Gasteiger partial charge in [-0.2, -0.15) is 0 Å². The van der Waals surface area contributed by atoms with Crippen LogP contribution in [0, 0.1) is 0 Å². The molecule has 0 amide bonds. The number of rotatable bonds is 4. The van der Waals surface area contributed by atoms with E-state index in [1.807, 2.05) is 24.3 Å². The first kappa shape index (κ1) is 18.7. The van der Waals surface area contributed by atoms with Crippen LogP contribution < -0.4 is 15.0 Å². The molecule has 1 N–H and O–H groups in total. The predicted octanol–water partition coefficient (Wildman–Crippen LogP) is 3.29. The molecule has 0 saturated carbocycles. The van der Waals surface area contributed by atoms with Crippen LogP contribution >= 0.6 is 0 Å². The molecule has 7 heteroatoms. The lowest BCUT2D eigenvalue weighted by Gasteiger charge is -2.19. The number of methoxy groups -OCH3 is 2. The summed E-state index contributed by atoms with van der Waals surface area (Å²) < 4.78 is 12.0. The van der Waals surface area contributed by atoms with E-state index < -0.39 is 5.97 Å². The van der Waals surface area contributed by atoms with E-state index in [4.69, 9.17) is 9.47 Å². The van der Waals surface area contributed by atoms with Crippen molar-refractivity contribution >= 4 is 23.3 Å². The number of fused-ring (bicyclic) bond motifs is 2. The fourth-order valence-corrected chi connectivity index (χ4v) is 3.65. The van der Waals surface area contributed by atoms with Crippen molar-refractivity contribution in [3.63, 3.8) is 0 Å². The summed E-state index contributed by atoms with van der Waals surface area (Å²) >= 11 is 0. The van der Waals surface area contributed by atoms with Gasteiger partial charge in [0, 0.05) is 11.8 Å². The molecule has 148 valence electrons. The van der Waals surface area contributed by atoms with Crippen LogP contribution in [0.15, 0.2) is 41.3 Å². The van der Waals surface area contributed by atoms with Gasteiger partial charge in [0.2, 0.25) is 0 Å². The Bertz CT molecular complexity index is 1210. The van der Waals surface area contributed by atoms with E-state index in [0.29, 0.717) is 34.8 Å². The van der Waals surface area contributed by atoms with Gasteiger partial charge >= 0.3 is 5.97 Å². The van der Waals surface area contributed by atoms with Crippen LogP contribution in [-0.2, 0) is 6.42 Å². The number of benzene rings is 1. The van der Waals surface area contributed by atoms with Crippen LogP contribution in [0.2, 0.25) is 0 Å². The Labute approximate surface area is 166 Å². The zero-order valence-electron chi connectivity index (χ0n) is 16.1. The lowest BCUT2D eigenvalue weighted by atomic mass is 9.90. The highest BCUT2D eigenvalue weighted by atomic mass is 16.5. The number of nitrogens with zero attached hydrogens (tertiary/aromatic N) is 2. The molecule has 0 unspecified atom stereocenters. The summed E-state index contributed by atoms with van der Waals surface area (Å²) in [5.41, 5.74) is 3.46. The first-order valence-corrected chi connectivity index (χ1v) is 9.23. The molecule has 1 aliphatic carbocycles. The Hall–Kier alpha value is -3.61. The number of carboxylic acid groups (broad SMARTS) is 1. The minimum atomic E-state index is -1.08. The number of carboxylic acids is 1. The van der Waals surface area contributed by atoms with E-state index in [9.17, 15) is 14.7 Å². The molecule has 2 heterocycles. The number of carbonyl (C=O) groups is 1. The fraction of sp³-hybridized carbons (Fsp3) is 0.227. The SMILES string of the molecule is COc1ccc(/C=C2/CCCc3c2nc2ccc(C(=O)O)cn2c3=O)cc1OC. The van der Waals surface area contributed by atoms with E-state index in [-0.39, 0.29) is 11.1 Å². The molecular weight excluding hydrogens is 372 g/mol. The Balaban J connectivity index is 1.85. The molecule has 0 atom stereocenters. The summed E-state index contributed by atoms with van der Waals surface area (Å²) in [5.74, 6) is 0.200. The van der Waals surface area contributed by atoms with Gasteiger partial charge in [0.15, 0.2) is 11.5 Å². The molecule has 0 aliphatic heterocycles. The maximum Gasteiger partial charge on any atom is 0.337 e. The average molecular weight is 392 g/mol. The first-order valence-electron chi connectivity index (χ1n) is 9.23. The summed E-state index contributed by atoms with van der Waals surface area (Å²) in [6, 6.07) is 8.67. The van der Waals surface area contributed by atoms with Crippen molar-refractivity contribution in [1.29, 1.82) is 0 Å². The van der Waals surface area contributed by atoms with Crippen LogP contribution in [0.25, 0.3) is 17.3 Å². The van der Waals surface area contributed by atoms with E-state index in [0.717, 1.165) is 24.0 Å². The third kappa shape index (κ3) is 3.35. The molecule has 1 aromatic carbocycles. The minimum Gasteiger partial charge on any atom is -0.493 e. The lowest BCUT2D eigenvalue weighted by Crippen LogP contribution is -2.25. The van der Waals surface area contributed by atoms with Gasteiger partial charge in [-0.3, -0.25) is 9.20 Å². The summed E-state index contributed by atoms with van der Waals surface area (Å²) in [5, 5.41) is 9.20. The number of aromatic carboxylic acids is 1. The maximum atomic E-state index is 13.0. The van der Waals surface area contributed by atoms with Gasteiger partial charge in [0.25, 0.3) is 5.56 Å². The number of pyridine rings is 1. The summed E-state index contributed by atoms with van der Waals surface area (Å²) in [6.45, 7) is 0. The second-order valence-corrected chi connectivity index (χ2v) is 6.83. The number of allylic oxidation sites excluding steroid dienone is 1. The van der Waals surface area contributed by atoms with Gasteiger partial charge in [-0.15, -0.1) is 0 Å². The second kappa shape index (κ2) is 7.43. The van der Waals surface area contributed by atoms with E-state index in [2.05, 4.69) is 4.98 Å². The first-order chi connectivity index (χ1) is 14.0. The molecule has 0 saturated heterocycles. The Kier molecular flexibility index (Phi) is 4.80. The zero-order valence-corrected chi connectivity index (χ0v) is 16.1. The van der Waals surface area contributed by atoms with Gasteiger partial charge in [-0.05, 0) is 60.7 Å². The lowest BCUT2D eigenvalue weighted by molar-refractivity contribution is 0.0696. The predicted molar refractivity (Wildman–Crippen MR) is 109 cm³/mol. The number of hydrogen-bond acceptors (Lipinski definition) is 5. The Morgan fingerprint density at radius 1 is 1.14 bits per heavy atom. The zero-order chi connectivity index (χ0) is 20.5. The molecule has 7 nitrogen and oxygen atoms in total. The average Bonchev–Trinajstić information content (AvgIpc) is 2.74. The summed E-state index contributed by atoms with van der Waals surface area (Å²) in [4.78, 5) is 28.9. The molecule has 2 aromatic heterocycles. The van der Waals surface area contributed by atoms with Crippen molar-refractivity contribution in [2.45, 2.75) is 19.3 Å². The van der Waals surface area contributed by atoms with Crippen molar-refractivity contribution in [2.75, 3.05) is 14.2 Å². The fourth-order valence-electron chi connectivity index (χ4n) is 3.65. The third-order valence-electron chi connectivity index (χ3n) is 5.09. The minimum absolute atomic E-state index is 0.0539.